The highest BCUT2D eigenvalue weighted by Crippen LogP contribution is 2.21. The average molecular weight is 325 g/mol. The van der Waals surface area contributed by atoms with E-state index in [1.54, 1.807) is 0 Å². The van der Waals surface area contributed by atoms with Gasteiger partial charge in [-0.2, -0.15) is 0 Å². The molecule has 3 rings (SSSR count). The number of fused-ring (bicyclic) bond motifs is 2. The monoisotopic (exact) mass is 324 g/mol. The van der Waals surface area contributed by atoms with E-state index in [9.17, 15) is 4.79 Å². The van der Waals surface area contributed by atoms with Crippen LogP contribution in [0.2, 0.25) is 0 Å². The van der Waals surface area contributed by atoms with Crippen molar-refractivity contribution in [3.8, 4) is 5.75 Å². The van der Waals surface area contributed by atoms with Crippen LogP contribution in [0.15, 0.2) is 18.2 Å². The van der Waals surface area contributed by atoms with Crippen LogP contribution >= 0.6 is 12.4 Å². The van der Waals surface area contributed by atoms with Crippen LogP contribution in [0, 0.1) is 13.8 Å². The molecule has 2 aliphatic rings. The van der Waals surface area contributed by atoms with E-state index in [4.69, 9.17) is 4.74 Å². The summed E-state index contributed by atoms with van der Waals surface area (Å²) in [5.74, 6) is 0.910. The quantitative estimate of drug-likeness (QED) is 0.928. The van der Waals surface area contributed by atoms with Crippen LogP contribution in [0.25, 0.3) is 0 Å². The summed E-state index contributed by atoms with van der Waals surface area (Å²) in [6.45, 7) is 5.89. The SMILES string of the molecule is Cc1ccc(OCC(=O)N2CCC3CCC(C2)N3)c(C)c1.Cl. The molecule has 2 bridgehead atoms. The average Bonchev–Trinajstić information content (AvgIpc) is 2.77. The number of halogens is 1. The molecule has 1 aromatic carbocycles. The molecule has 4 nitrogen and oxygen atoms in total. The van der Waals surface area contributed by atoms with Crippen molar-refractivity contribution in [1.29, 1.82) is 0 Å². The Hall–Kier alpha value is -1.26. The van der Waals surface area contributed by atoms with Crippen molar-refractivity contribution in [3.63, 3.8) is 0 Å². The maximum atomic E-state index is 12.4. The lowest BCUT2D eigenvalue weighted by Crippen LogP contribution is -2.41. The fourth-order valence-electron chi connectivity index (χ4n) is 3.36. The molecule has 1 amide bonds. The van der Waals surface area contributed by atoms with E-state index in [0.29, 0.717) is 12.1 Å². The Morgan fingerprint density at radius 2 is 2.05 bits per heavy atom. The van der Waals surface area contributed by atoms with Gasteiger partial charge in [0.05, 0.1) is 0 Å². The Morgan fingerprint density at radius 3 is 2.82 bits per heavy atom. The minimum Gasteiger partial charge on any atom is -0.484 e. The lowest BCUT2D eigenvalue weighted by Gasteiger charge is -2.24. The Bertz CT molecular complexity index is 535. The summed E-state index contributed by atoms with van der Waals surface area (Å²) >= 11 is 0. The first-order chi connectivity index (χ1) is 10.1. The van der Waals surface area contributed by atoms with Crippen LogP contribution in [0.5, 0.6) is 5.75 Å². The van der Waals surface area contributed by atoms with E-state index in [1.807, 2.05) is 24.0 Å². The predicted octanol–water partition coefficient (Wildman–Crippen LogP) is 2.46. The molecule has 0 aliphatic carbocycles. The Kier molecular flexibility index (Phi) is 5.70. The van der Waals surface area contributed by atoms with Crippen molar-refractivity contribution in [1.82, 2.24) is 10.2 Å². The van der Waals surface area contributed by atoms with E-state index < -0.39 is 0 Å². The maximum Gasteiger partial charge on any atom is 0.260 e. The largest absolute Gasteiger partial charge is 0.484 e. The highest BCUT2D eigenvalue weighted by atomic mass is 35.5. The van der Waals surface area contributed by atoms with Crippen LogP contribution in [0.4, 0.5) is 0 Å². The summed E-state index contributed by atoms with van der Waals surface area (Å²) in [5.41, 5.74) is 2.29. The van der Waals surface area contributed by atoms with E-state index in [0.717, 1.165) is 30.8 Å². The van der Waals surface area contributed by atoms with Gasteiger partial charge >= 0.3 is 0 Å². The molecule has 2 aliphatic heterocycles. The standard InChI is InChI=1S/C17H24N2O2.ClH/c1-12-3-6-16(13(2)9-12)21-11-17(20)19-8-7-14-4-5-15(10-19)18-14;/h3,6,9,14-15,18H,4-5,7-8,10-11H2,1-2H3;1H. The Morgan fingerprint density at radius 1 is 1.27 bits per heavy atom. The summed E-state index contributed by atoms with van der Waals surface area (Å²) in [4.78, 5) is 14.3. The number of hydrogen-bond acceptors (Lipinski definition) is 3. The summed E-state index contributed by atoms with van der Waals surface area (Å²) in [7, 11) is 0. The van der Waals surface area contributed by atoms with E-state index in [-0.39, 0.29) is 24.9 Å². The van der Waals surface area contributed by atoms with E-state index in [2.05, 4.69) is 18.3 Å². The number of ether oxygens (including phenoxy) is 1. The van der Waals surface area contributed by atoms with Crippen molar-refractivity contribution in [2.75, 3.05) is 19.7 Å². The summed E-state index contributed by atoms with van der Waals surface area (Å²) in [5, 5.41) is 3.59. The number of aryl methyl sites for hydroxylation is 2. The summed E-state index contributed by atoms with van der Waals surface area (Å²) in [6.07, 6.45) is 3.50. The zero-order chi connectivity index (χ0) is 14.8. The number of nitrogens with zero attached hydrogens (tertiary/aromatic N) is 1. The third-order valence-electron chi connectivity index (χ3n) is 4.56. The topological polar surface area (TPSA) is 41.6 Å². The summed E-state index contributed by atoms with van der Waals surface area (Å²) in [6, 6.07) is 7.12. The van der Waals surface area contributed by atoms with Gasteiger partial charge in [-0.25, -0.2) is 0 Å². The number of carbonyl (C=O) groups is 1. The van der Waals surface area contributed by atoms with E-state index in [1.165, 1.54) is 18.4 Å². The molecule has 2 heterocycles. The second kappa shape index (κ2) is 7.34. The smallest absolute Gasteiger partial charge is 0.260 e. The molecule has 22 heavy (non-hydrogen) atoms. The Labute approximate surface area is 138 Å². The van der Waals surface area contributed by atoms with Crippen molar-refractivity contribution in [3.05, 3.63) is 29.3 Å². The van der Waals surface area contributed by atoms with Crippen molar-refractivity contribution < 1.29 is 9.53 Å². The summed E-state index contributed by atoms with van der Waals surface area (Å²) < 4.78 is 5.72. The molecular formula is C17H25ClN2O2. The van der Waals surface area contributed by atoms with Gasteiger partial charge in [0.2, 0.25) is 0 Å². The lowest BCUT2D eigenvalue weighted by molar-refractivity contribution is -0.133. The number of benzene rings is 1. The number of rotatable bonds is 3. The lowest BCUT2D eigenvalue weighted by atomic mass is 10.1. The number of nitrogens with one attached hydrogen (secondary N) is 1. The third kappa shape index (κ3) is 3.93. The zero-order valence-electron chi connectivity index (χ0n) is 13.3. The highest BCUT2D eigenvalue weighted by molar-refractivity contribution is 5.85. The number of amides is 1. The third-order valence-corrected chi connectivity index (χ3v) is 4.56. The molecule has 5 heteroatoms. The van der Waals surface area contributed by atoms with Gasteiger partial charge in [0.25, 0.3) is 5.91 Å². The predicted molar refractivity (Wildman–Crippen MR) is 89.8 cm³/mol. The number of carbonyl (C=O) groups excluding carboxylic acids is 1. The van der Waals surface area contributed by atoms with Crippen LogP contribution in [0.3, 0.4) is 0 Å². The molecule has 122 valence electrons. The van der Waals surface area contributed by atoms with Crippen molar-refractivity contribution in [2.24, 2.45) is 0 Å². The number of likely N-dealkylation sites (tertiary alicyclic amines) is 1. The minimum absolute atomic E-state index is 0. The molecule has 0 spiro atoms. The molecule has 2 fully saturated rings. The minimum atomic E-state index is 0. The van der Waals surface area contributed by atoms with Gasteiger partial charge in [-0.05, 0) is 44.7 Å². The van der Waals surface area contributed by atoms with E-state index >= 15 is 0 Å². The fourth-order valence-corrected chi connectivity index (χ4v) is 3.36. The van der Waals surface area contributed by atoms with Crippen LogP contribution < -0.4 is 10.1 Å². The maximum absolute atomic E-state index is 12.4. The molecule has 2 saturated heterocycles. The molecule has 2 unspecified atom stereocenters. The molecule has 0 radical (unpaired) electrons. The first-order valence-corrected chi connectivity index (χ1v) is 7.85. The van der Waals surface area contributed by atoms with Crippen molar-refractivity contribution >= 4 is 18.3 Å². The first kappa shape index (κ1) is 17.1. The molecule has 1 aromatic rings. The van der Waals surface area contributed by atoms with Crippen LogP contribution in [-0.4, -0.2) is 42.6 Å². The normalized spacial score (nSPS) is 23.6. The molecule has 2 atom stereocenters. The second-order valence-electron chi connectivity index (χ2n) is 6.32. The van der Waals surface area contributed by atoms with Crippen LogP contribution in [-0.2, 0) is 4.79 Å². The van der Waals surface area contributed by atoms with Gasteiger partial charge < -0.3 is 15.0 Å². The molecule has 0 aromatic heterocycles. The molecule has 0 saturated carbocycles. The highest BCUT2D eigenvalue weighted by Gasteiger charge is 2.31. The number of hydrogen-bond donors (Lipinski definition) is 1. The van der Waals surface area contributed by atoms with Crippen molar-refractivity contribution in [2.45, 2.75) is 45.2 Å². The van der Waals surface area contributed by atoms with Gasteiger partial charge in [0, 0.05) is 25.2 Å². The molecular weight excluding hydrogens is 300 g/mol. The van der Waals surface area contributed by atoms with Gasteiger partial charge in [0.1, 0.15) is 5.75 Å². The van der Waals surface area contributed by atoms with Gasteiger partial charge in [-0.15, -0.1) is 12.4 Å². The first-order valence-electron chi connectivity index (χ1n) is 7.85. The van der Waals surface area contributed by atoms with Crippen LogP contribution in [0.1, 0.15) is 30.4 Å². The fraction of sp³-hybridized carbons (Fsp3) is 0.588. The van der Waals surface area contributed by atoms with Gasteiger partial charge in [0.15, 0.2) is 6.61 Å². The van der Waals surface area contributed by atoms with Gasteiger partial charge in [-0.3, -0.25) is 4.79 Å². The second-order valence-corrected chi connectivity index (χ2v) is 6.32. The molecule has 1 N–H and O–H groups in total. The zero-order valence-corrected chi connectivity index (χ0v) is 14.1. The van der Waals surface area contributed by atoms with Gasteiger partial charge in [-0.1, -0.05) is 17.7 Å². The Balaban J connectivity index is 0.00000176.